The number of Topliss-reactive ketones (excluding diaryl/α,β-unsaturated/α-hetero) is 1. The van der Waals surface area contributed by atoms with Gasteiger partial charge in [-0.15, -0.1) is 0 Å². The molecule has 266 valence electrons. The van der Waals surface area contributed by atoms with Gasteiger partial charge in [-0.1, -0.05) is 104 Å². The van der Waals surface area contributed by atoms with E-state index in [1.54, 1.807) is 26.0 Å². The van der Waals surface area contributed by atoms with Gasteiger partial charge in [-0.2, -0.15) is 0 Å². The van der Waals surface area contributed by atoms with E-state index in [0.717, 1.165) is 32.1 Å². The standard InChI is InChI=1S/C38H60O9/c1-25-21-30-36(44,33(25)43)23-28(24-40)22-29-32-35(4,5)38(32,47-27(3)41)34(26(2)37(29,30)45)46-31(42)19-17-15-13-11-9-7-6-8-10-12-14-16-18-20-39/h21-22,26,29-30,32,34,39-40,44-45H,6-20,23-24H2,1-5H3/t26-,29+,30-,32-,34-,36-,37-,38-/m1/s1. The Morgan fingerprint density at radius 1 is 0.872 bits per heavy atom. The van der Waals surface area contributed by atoms with Gasteiger partial charge in [0.1, 0.15) is 11.7 Å². The van der Waals surface area contributed by atoms with E-state index in [9.17, 15) is 29.7 Å². The Hall–Kier alpha value is -2.07. The van der Waals surface area contributed by atoms with Crippen molar-refractivity contribution in [2.75, 3.05) is 13.2 Å². The summed E-state index contributed by atoms with van der Waals surface area (Å²) in [7, 11) is 0. The summed E-state index contributed by atoms with van der Waals surface area (Å²) in [6, 6.07) is 0. The number of aliphatic hydroxyl groups excluding tert-OH is 2. The molecule has 47 heavy (non-hydrogen) atoms. The van der Waals surface area contributed by atoms with E-state index in [0.29, 0.717) is 24.2 Å². The molecule has 0 heterocycles. The first kappa shape index (κ1) is 37.7. The molecule has 0 aliphatic heterocycles. The number of ether oxygens (including phenoxy) is 2. The molecule has 0 aromatic heterocycles. The Kier molecular flexibility index (Phi) is 12.2. The minimum absolute atomic E-state index is 0.114. The number of fused-ring (bicyclic) bond motifs is 5. The van der Waals surface area contributed by atoms with Gasteiger partial charge in [0, 0.05) is 55.5 Å². The van der Waals surface area contributed by atoms with Gasteiger partial charge in [-0.25, -0.2) is 0 Å². The highest BCUT2D eigenvalue weighted by molar-refractivity contribution is 6.04. The van der Waals surface area contributed by atoms with E-state index < -0.39 is 69.7 Å². The van der Waals surface area contributed by atoms with Crippen molar-refractivity contribution in [3.05, 3.63) is 23.3 Å². The van der Waals surface area contributed by atoms with E-state index >= 15 is 0 Å². The van der Waals surface area contributed by atoms with Crippen molar-refractivity contribution in [1.29, 1.82) is 0 Å². The van der Waals surface area contributed by atoms with Gasteiger partial charge < -0.3 is 29.9 Å². The summed E-state index contributed by atoms with van der Waals surface area (Å²) in [6.07, 6.45) is 16.9. The van der Waals surface area contributed by atoms with E-state index in [1.165, 1.54) is 51.9 Å². The zero-order chi connectivity index (χ0) is 34.6. The number of esters is 2. The smallest absolute Gasteiger partial charge is 0.306 e. The van der Waals surface area contributed by atoms with E-state index in [1.807, 2.05) is 13.8 Å². The van der Waals surface area contributed by atoms with Gasteiger partial charge in [-0.3, -0.25) is 14.4 Å². The molecule has 4 rings (SSSR count). The molecule has 9 nitrogen and oxygen atoms in total. The van der Waals surface area contributed by atoms with Gasteiger partial charge in [-0.05, 0) is 30.9 Å². The summed E-state index contributed by atoms with van der Waals surface area (Å²) in [5.41, 5.74) is -4.76. The fraction of sp³-hybridized carbons (Fsp3) is 0.816. The number of aliphatic hydroxyl groups is 4. The van der Waals surface area contributed by atoms with Crippen LogP contribution in [0.5, 0.6) is 0 Å². The maximum Gasteiger partial charge on any atom is 0.306 e. The van der Waals surface area contributed by atoms with Crippen molar-refractivity contribution in [1.82, 2.24) is 0 Å². The van der Waals surface area contributed by atoms with Crippen molar-refractivity contribution < 1.29 is 44.3 Å². The van der Waals surface area contributed by atoms with Crippen LogP contribution in [-0.2, 0) is 23.9 Å². The topological polar surface area (TPSA) is 151 Å². The van der Waals surface area contributed by atoms with Gasteiger partial charge in [0.2, 0.25) is 0 Å². The highest BCUT2D eigenvalue weighted by Gasteiger charge is 2.87. The van der Waals surface area contributed by atoms with Gasteiger partial charge in [0.15, 0.2) is 11.4 Å². The number of carbonyl (C=O) groups is 3. The van der Waals surface area contributed by atoms with E-state index in [-0.39, 0.29) is 19.4 Å². The number of hydrogen-bond acceptors (Lipinski definition) is 9. The molecule has 0 spiro atoms. The summed E-state index contributed by atoms with van der Waals surface area (Å²) in [4.78, 5) is 39.2. The number of carbonyl (C=O) groups excluding carboxylic acids is 3. The van der Waals surface area contributed by atoms with Crippen molar-refractivity contribution in [2.24, 2.45) is 29.1 Å². The largest absolute Gasteiger partial charge is 0.458 e. The van der Waals surface area contributed by atoms with Crippen LogP contribution < -0.4 is 0 Å². The van der Waals surface area contributed by atoms with Crippen LogP contribution in [0.25, 0.3) is 0 Å². The van der Waals surface area contributed by atoms with E-state index in [4.69, 9.17) is 14.6 Å². The molecular formula is C38H60O9. The lowest BCUT2D eigenvalue weighted by Crippen LogP contribution is -2.66. The summed E-state index contributed by atoms with van der Waals surface area (Å²) in [6.45, 7) is 8.47. The molecule has 0 aromatic carbocycles. The second-order valence-corrected chi connectivity index (χ2v) is 15.5. The van der Waals surface area contributed by atoms with Crippen LogP contribution in [0.4, 0.5) is 0 Å². The van der Waals surface area contributed by atoms with Crippen molar-refractivity contribution >= 4 is 17.7 Å². The molecule has 4 N–H and O–H groups in total. The van der Waals surface area contributed by atoms with Gasteiger partial charge >= 0.3 is 11.9 Å². The van der Waals surface area contributed by atoms with Crippen LogP contribution in [0, 0.1) is 29.1 Å². The average Bonchev–Trinajstić information content (AvgIpc) is 3.44. The van der Waals surface area contributed by atoms with Crippen LogP contribution in [0.3, 0.4) is 0 Å². The number of hydrogen-bond donors (Lipinski definition) is 4. The molecule has 4 aliphatic rings. The van der Waals surface area contributed by atoms with Crippen LogP contribution in [0.1, 0.15) is 131 Å². The Morgan fingerprint density at radius 2 is 1.40 bits per heavy atom. The highest BCUT2D eigenvalue weighted by Crippen LogP contribution is 2.77. The zero-order valence-electron chi connectivity index (χ0n) is 29.4. The molecule has 9 heteroatoms. The molecule has 4 aliphatic carbocycles. The average molecular weight is 661 g/mol. The van der Waals surface area contributed by atoms with Crippen LogP contribution in [0.15, 0.2) is 23.3 Å². The second kappa shape index (κ2) is 15.2. The third-order valence-corrected chi connectivity index (χ3v) is 12.1. The van der Waals surface area contributed by atoms with Crippen LogP contribution in [-0.4, -0.2) is 74.3 Å². The lowest BCUT2D eigenvalue weighted by Gasteiger charge is -2.53. The SMILES string of the molecule is CC(=O)O[C@@]12[C@H](OC(=O)CCCCCCCCCCCCCCCO)[C@@H](C)[C@@]3(O)[C@@H](C=C(CO)C[C@]4(O)C(=O)C(C)=C[C@@H]34)[C@@H]1C2(C)C. The summed E-state index contributed by atoms with van der Waals surface area (Å²) < 4.78 is 12.3. The highest BCUT2D eigenvalue weighted by atomic mass is 16.6. The normalized spacial score (nSPS) is 35.2. The first-order valence-corrected chi connectivity index (χ1v) is 18.2. The predicted octanol–water partition coefficient (Wildman–Crippen LogP) is 5.51. The minimum Gasteiger partial charge on any atom is -0.458 e. The Morgan fingerprint density at radius 3 is 1.91 bits per heavy atom. The van der Waals surface area contributed by atoms with Crippen molar-refractivity contribution in [3.63, 3.8) is 0 Å². The monoisotopic (exact) mass is 660 g/mol. The summed E-state index contributed by atoms with van der Waals surface area (Å²) in [5.74, 6) is -4.36. The minimum atomic E-state index is -1.94. The number of ketones is 1. The molecule has 0 aromatic rings. The molecule has 8 atom stereocenters. The molecule has 0 unspecified atom stereocenters. The molecule has 0 radical (unpaired) electrons. The Balaban J connectivity index is 1.39. The van der Waals surface area contributed by atoms with Crippen LogP contribution >= 0.6 is 0 Å². The number of unbranched alkanes of at least 4 members (excludes halogenated alkanes) is 12. The van der Waals surface area contributed by atoms with Crippen molar-refractivity contribution in [3.8, 4) is 0 Å². The lowest BCUT2D eigenvalue weighted by molar-refractivity contribution is -0.228. The molecule has 2 saturated carbocycles. The van der Waals surface area contributed by atoms with Gasteiger partial charge in [0.05, 0.1) is 12.2 Å². The zero-order valence-corrected chi connectivity index (χ0v) is 29.4. The maximum absolute atomic E-state index is 13.4. The fourth-order valence-electron chi connectivity index (χ4n) is 9.59. The quantitative estimate of drug-likeness (QED) is 0.0848. The molecule has 2 fully saturated rings. The Labute approximate surface area is 281 Å². The first-order valence-electron chi connectivity index (χ1n) is 18.2. The fourth-order valence-corrected chi connectivity index (χ4v) is 9.59. The summed E-state index contributed by atoms with van der Waals surface area (Å²) in [5, 5.41) is 43.7. The van der Waals surface area contributed by atoms with E-state index in [2.05, 4.69) is 0 Å². The second-order valence-electron chi connectivity index (χ2n) is 15.5. The molecule has 0 amide bonds. The molecule has 0 saturated heterocycles. The third kappa shape index (κ3) is 7.01. The third-order valence-electron chi connectivity index (χ3n) is 12.1. The molecular weight excluding hydrogens is 600 g/mol. The van der Waals surface area contributed by atoms with Crippen molar-refractivity contribution in [2.45, 2.75) is 154 Å². The maximum atomic E-state index is 13.4. The predicted molar refractivity (Wildman–Crippen MR) is 178 cm³/mol. The number of rotatable bonds is 18. The van der Waals surface area contributed by atoms with Crippen LogP contribution in [0.2, 0.25) is 0 Å². The Bertz CT molecular complexity index is 1210. The molecule has 0 bridgehead atoms. The van der Waals surface area contributed by atoms with Gasteiger partial charge in [0.25, 0.3) is 0 Å². The lowest BCUT2D eigenvalue weighted by atomic mass is 9.59. The summed E-state index contributed by atoms with van der Waals surface area (Å²) >= 11 is 0. The first-order chi connectivity index (χ1) is 22.2.